The molecule has 2 nitrogen and oxygen atoms in total. The van der Waals surface area contributed by atoms with E-state index < -0.39 is 5.60 Å². The van der Waals surface area contributed by atoms with Crippen LogP contribution in [0, 0.1) is 4.84 Å². The summed E-state index contributed by atoms with van der Waals surface area (Å²) in [5.41, 5.74) is 1.36. The first-order valence-electron chi connectivity index (χ1n) is 5.15. The summed E-state index contributed by atoms with van der Waals surface area (Å²) in [4.78, 5) is 7.73. The van der Waals surface area contributed by atoms with Crippen LogP contribution in [0.25, 0.3) is 0 Å². The third-order valence-electron chi connectivity index (χ3n) is 2.85. The quantitative estimate of drug-likeness (QED) is 0.792. The topological polar surface area (TPSA) is 26.3 Å². The molecule has 0 spiro atoms. The van der Waals surface area contributed by atoms with Crippen molar-refractivity contribution >= 4 is 30.0 Å². The Morgan fingerprint density at radius 3 is 1.83 bits per heavy atom. The standard InChI is InChI=1S/C12H10Cl2O.CO.V/c13-11(14)12(15,9-5-1-2-6-9)10-7-3-4-8-10;1-2;/h1-5,7H,6,8H2;;/q-1;;+1. The van der Waals surface area contributed by atoms with Crippen LogP contribution in [0.3, 0.4) is 0 Å². The molecule has 0 saturated carbocycles. The van der Waals surface area contributed by atoms with E-state index in [0.29, 0.717) is 0 Å². The second-order valence-electron chi connectivity index (χ2n) is 3.68. The molecule has 0 aliphatic heterocycles. The van der Waals surface area contributed by atoms with Crippen LogP contribution in [0.15, 0.2) is 47.6 Å². The zero-order chi connectivity index (χ0) is 13.6. The molecule has 0 amide bonds. The molecular weight excluding hydrogens is 310 g/mol. The molecule has 2 aliphatic rings. The Morgan fingerprint density at radius 2 is 1.61 bits per heavy atom. The number of hydrogen-bond acceptors (Lipinski definition) is 2. The molecule has 0 aromatic heterocycles. The van der Waals surface area contributed by atoms with E-state index in [9.17, 15) is 0 Å². The Bertz CT molecular complexity index is 381. The summed E-state index contributed by atoms with van der Waals surface area (Å²) in [6, 6.07) is 0. The van der Waals surface area contributed by atoms with E-state index in [2.05, 4.69) is 36.7 Å². The molecule has 0 aromatic rings. The SMILES string of the molecule is Cl[C](Cl)C([O][V])(C1=CC=CC1)C1=CC=CC1.[C]=O. The number of allylic oxidation sites excluding steroid dienone is 6. The van der Waals surface area contributed by atoms with Gasteiger partial charge in [-0.25, -0.2) is 0 Å². The van der Waals surface area contributed by atoms with Crippen LogP contribution >= 0.6 is 23.2 Å². The summed E-state index contributed by atoms with van der Waals surface area (Å²) < 4.78 is 5.59. The molecule has 2 aliphatic carbocycles. The third-order valence-corrected chi connectivity index (χ3v) is 3.81. The first-order chi connectivity index (χ1) is 8.71. The fourth-order valence-corrected chi connectivity index (χ4v) is 3.26. The summed E-state index contributed by atoms with van der Waals surface area (Å²) in [6.07, 6.45) is 13.8. The van der Waals surface area contributed by atoms with Gasteiger partial charge in [0.2, 0.25) is 0 Å². The molecule has 0 heterocycles. The van der Waals surface area contributed by atoms with Gasteiger partial charge in [-0.15, -0.1) is 0 Å². The molecule has 0 unspecified atom stereocenters. The molecular formula is C13H10Cl2O2V. The molecule has 93 valence electrons. The van der Waals surface area contributed by atoms with Crippen molar-refractivity contribution in [1.29, 1.82) is 0 Å². The van der Waals surface area contributed by atoms with E-state index in [-0.39, 0.29) is 4.84 Å². The Labute approximate surface area is 127 Å². The van der Waals surface area contributed by atoms with Crippen LogP contribution in [0.2, 0.25) is 0 Å². The maximum Gasteiger partial charge on any atom is 0.281 e. The zero-order valence-corrected chi connectivity index (χ0v) is 12.3. The van der Waals surface area contributed by atoms with Crippen LogP contribution in [-0.4, -0.2) is 12.4 Å². The van der Waals surface area contributed by atoms with Crippen molar-refractivity contribution in [1.82, 2.24) is 0 Å². The second-order valence-corrected chi connectivity index (χ2v) is 4.92. The molecule has 0 saturated heterocycles. The minimum atomic E-state index is -0.782. The fourth-order valence-electron chi connectivity index (χ4n) is 2.02. The van der Waals surface area contributed by atoms with Crippen LogP contribution in [0.1, 0.15) is 12.8 Å². The van der Waals surface area contributed by atoms with E-state index in [1.54, 1.807) is 0 Å². The summed E-state index contributed by atoms with van der Waals surface area (Å²) in [5.74, 6) is 0. The van der Waals surface area contributed by atoms with E-state index in [0.717, 1.165) is 24.0 Å². The normalized spacial score (nSPS) is 17.5. The molecule has 2 rings (SSSR count). The third kappa shape index (κ3) is 2.84. The number of carbonyl (C=O) groups excluding carboxylic acids is 1. The van der Waals surface area contributed by atoms with Crippen LogP contribution in [0.4, 0.5) is 0 Å². The summed E-state index contributed by atoms with van der Waals surface area (Å²) >= 11 is 14.3. The van der Waals surface area contributed by atoms with Crippen molar-refractivity contribution in [2.24, 2.45) is 0 Å². The van der Waals surface area contributed by atoms with Crippen molar-refractivity contribution in [3.8, 4) is 0 Å². The maximum absolute atomic E-state index is 7.50. The second kappa shape index (κ2) is 7.37. The van der Waals surface area contributed by atoms with Crippen LogP contribution in [-0.2, 0) is 26.2 Å². The monoisotopic (exact) mass is 319 g/mol. The average Bonchev–Trinajstić information content (AvgIpc) is 3.05. The first-order valence-corrected chi connectivity index (χ1v) is 6.48. The van der Waals surface area contributed by atoms with E-state index >= 15 is 0 Å². The predicted molar refractivity (Wildman–Crippen MR) is 68.1 cm³/mol. The van der Waals surface area contributed by atoms with E-state index in [4.69, 9.17) is 31.7 Å². The Kier molecular flexibility index (Phi) is 6.47. The number of rotatable bonds is 4. The smallest absolute Gasteiger partial charge is 0.281 e. The molecule has 0 aromatic carbocycles. The van der Waals surface area contributed by atoms with Gasteiger partial charge in [-0.3, -0.25) is 4.79 Å². The largest absolute Gasteiger partial charge is 0.281 e. The zero-order valence-electron chi connectivity index (χ0n) is 9.40. The Balaban J connectivity index is 0.000000771. The van der Waals surface area contributed by atoms with Crippen molar-refractivity contribution in [3.63, 3.8) is 0 Å². The van der Waals surface area contributed by atoms with Gasteiger partial charge in [-0.05, 0) is 0 Å². The van der Waals surface area contributed by atoms with Gasteiger partial charge in [0, 0.05) is 0 Å². The van der Waals surface area contributed by atoms with Gasteiger partial charge in [0.1, 0.15) is 0 Å². The summed E-state index contributed by atoms with van der Waals surface area (Å²) in [6.45, 7) is 4.50. The van der Waals surface area contributed by atoms with Crippen molar-refractivity contribution in [3.05, 3.63) is 52.4 Å². The fraction of sp³-hybridized carbons (Fsp3) is 0.231. The van der Waals surface area contributed by atoms with Gasteiger partial charge in [-0.2, -0.15) is 0 Å². The van der Waals surface area contributed by atoms with Gasteiger partial charge in [0.05, 0.1) is 0 Å². The molecule has 0 N–H and O–H groups in total. The molecule has 0 fully saturated rings. The molecule has 5 heteroatoms. The minimum absolute atomic E-state index is 0.234. The molecule has 0 atom stereocenters. The summed E-state index contributed by atoms with van der Waals surface area (Å²) in [7, 11) is 0. The summed E-state index contributed by atoms with van der Waals surface area (Å²) in [5, 5.41) is 0. The van der Waals surface area contributed by atoms with Gasteiger partial charge in [-0.1, -0.05) is 0 Å². The van der Waals surface area contributed by atoms with Crippen molar-refractivity contribution in [2.45, 2.75) is 18.4 Å². The average molecular weight is 320 g/mol. The van der Waals surface area contributed by atoms with Crippen molar-refractivity contribution in [2.75, 3.05) is 0 Å². The van der Waals surface area contributed by atoms with E-state index in [1.807, 2.05) is 24.3 Å². The Hall–Kier alpha value is -0.246. The molecule has 3 radical (unpaired) electrons. The molecule has 0 bridgehead atoms. The van der Waals surface area contributed by atoms with Gasteiger partial charge in [0.25, 0.3) is 6.79 Å². The maximum atomic E-state index is 7.50. The first kappa shape index (κ1) is 15.8. The minimum Gasteiger partial charge on any atom is -0.281 e. The van der Waals surface area contributed by atoms with Gasteiger partial charge in [0.15, 0.2) is 0 Å². The number of hydrogen-bond donors (Lipinski definition) is 0. The van der Waals surface area contributed by atoms with Crippen LogP contribution < -0.4 is 0 Å². The molecule has 18 heavy (non-hydrogen) atoms. The number of halogens is 2. The van der Waals surface area contributed by atoms with Crippen molar-refractivity contribution < 1.29 is 26.2 Å². The van der Waals surface area contributed by atoms with Gasteiger partial charge >= 0.3 is 116 Å². The Morgan fingerprint density at radius 1 is 1.17 bits per heavy atom. The van der Waals surface area contributed by atoms with Crippen LogP contribution in [0.5, 0.6) is 0 Å². The van der Waals surface area contributed by atoms with Gasteiger partial charge < -0.3 is 0 Å². The van der Waals surface area contributed by atoms with E-state index in [1.165, 1.54) is 0 Å². The predicted octanol–water partition coefficient (Wildman–Crippen LogP) is 3.55.